The molecule has 1 heteroatoms. The van der Waals surface area contributed by atoms with Crippen molar-refractivity contribution in [2.24, 2.45) is 0 Å². The molecule has 0 aliphatic heterocycles. The number of hydrogen-bond acceptors (Lipinski definition) is 1. The molecule has 0 N–H and O–H groups in total. The minimum Gasteiger partial charge on any atom is -0.289 e. The second-order valence-corrected chi connectivity index (χ2v) is 5.78. The molecule has 0 fully saturated rings. The number of carbonyl (C=O) groups excluding carboxylic acids is 1. The Hall–Kier alpha value is -2.93. The molecule has 1 nitrogen and oxygen atoms in total. The molecule has 0 heterocycles. The van der Waals surface area contributed by atoms with Gasteiger partial charge < -0.3 is 0 Å². The van der Waals surface area contributed by atoms with Crippen LogP contribution in [-0.4, -0.2) is 5.78 Å². The molecule has 0 radical (unpaired) electrons. The number of carbonyl (C=O) groups is 1. The molecule has 0 unspecified atom stereocenters. The van der Waals surface area contributed by atoms with Crippen LogP contribution in [0.2, 0.25) is 0 Å². The lowest BCUT2D eigenvalue weighted by Gasteiger charge is -2.07. The van der Waals surface area contributed by atoms with Crippen LogP contribution in [0, 0.1) is 0 Å². The molecular formula is C21H12O. The molecule has 0 saturated carbocycles. The Morgan fingerprint density at radius 1 is 0.500 bits per heavy atom. The first-order valence-corrected chi connectivity index (χ1v) is 7.42. The summed E-state index contributed by atoms with van der Waals surface area (Å²) in [7, 11) is 0. The quantitative estimate of drug-likeness (QED) is 0.356. The van der Waals surface area contributed by atoms with E-state index in [9.17, 15) is 4.79 Å². The van der Waals surface area contributed by atoms with E-state index in [0.29, 0.717) is 0 Å². The van der Waals surface area contributed by atoms with Crippen LogP contribution in [0.25, 0.3) is 32.7 Å². The van der Waals surface area contributed by atoms with E-state index in [1.807, 2.05) is 30.3 Å². The maximum atomic E-state index is 12.6. The summed E-state index contributed by atoms with van der Waals surface area (Å²) in [6, 6.07) is 24.7. The smallest absolute Gasteiger partial charge is 0.194 e. The Balaban J connectivity index is 1.95. The highest BCUT2D eigenvalue weighted by atomic mass is 16.1. The molecule has 0 spiro atoms. The van der Waals surface area contributed by atoms with Crippen LogP contribution in [0.5, 0.6) is 0 Å². The van der Waals surface area contributed by atoms with Crippen LogP contribution in [-0.2, 0) is 0 Å². The van der Waals surface area contributed by atoms with Gasteiger partial charge in [0.1, 0.15) is 0 Å². The monoisotopic (exact) mass is 280 g/mol. The van der Waals surface area contributed by atoms with Gasteiger partial charge >= 0.3 is 0 Å². The molecule has 0 saturated heterocycles. The first-order valence-electron chi connectivity index (χ1n) is 7.42. The summed E-state index contributed by atoms with van der Waals surface area (Å²) in [6.07, 6.45) is 0. The Kier molecular flexibility index (Phi) is 2.15. The van der Waals surface area contributed by atoms with Gasteiger partial charge in [-0.05, 0) is 44.8 Å². The third-order valence-electron chi connectivity index (χ3n) is 4.59. The van der Waals surface area contributed by atoms with Gasteiger partial charge in [-0.1, -0.05) is 60.7 Å². The van der Waals surface area contributed by atoms with E-state index in [1.165, 1.54) is 16.2 Å². The van der Waals surface area contributed by atoms with E-state index in [0.717, 1.165) is 27.6 Å². The molecule has 0 atom stereocenters. The first kappa shape index (κ1) is 11.7. The molecule has 5 rings (SSSR count). The van der Waals surface area contributed by atoms with Crippen LogP contribution < -0.4 is 0 Å². The predicted molar refractivity (Wildman–Crippen MR) is 90.3 cm³/mol. The largest absolute Gasteiger partial charge is 0.289 e. The number of ketones is 1. The summed E-state index contributed by atoms with van der Waals surface area (Å²) < 4.78 is 0. The number of benzene rings is 4. The standard InChI is InChI=1S/C21H12O/c22-21-17-8-4-3-7-16(17)19-12-18-14(11-20(19)21)10-9-13-5-1-2-6-15(13)18/h1-12H. The van der Waals surface area contributed by atoms with Crippen molar-refractivity contribution >= 4 is 27.3 Å². The SMILES string of the molecule is O=C1c2ccccc2-c2cc3c(ccc4ccccc43)cc21. The molecule has 0 amide bonds. The van der Waals surface area contributed by atoms with Gasteiger partial charge in [-0.25, -0.2) is 0 Å². The fraction of sp³-hybridized carbons (Fsp3) is 0. The lowest BCUT2D eigenvalue weighted by atomic mass is 9.96. The summed E-state index contributed by atoms with van der Waals surface area (Å²) in [5.41, 5.74) is 3.75. The topological polar surface area (TPSA) is 17.1 Å². The highest BCUT2D eigenvalue weighted by molar-refractivity contribution is 6.24. The number of rotatable bonds is 0. The Morgan fingerprint density at radius 2 is 1.23 bits per heavy atom. The fourth-order valence-corrected chi connectivity index (χ4v) is 3.53. The van der Waals surface area contributed by atoms with Crippen molar-refractivity contribution < 1.29 is 4.79 Å². The lowest BCUT2D eigenvalue weighted by Crippen LogP contribution is -1.94. The molecule has 22 heavy (non-hydrogen) atoms. The van der Waals surface area contributed by atoms with Gasteiger partial charge in [0.25, 0.3) is 0 Å². The average Bonchev–Trinajstić information content (AvgIpc) is 2.86. The maximum absolute atomic E-state index is 12.6. The Morgan fingerprint density at radius 3 is 2.14 bits per heavy atom. The summed E-state index contributed by atoms with van der Waals surface area (Å²) >= 11 is 0. The van der Waals surface area contributed by atoms with Crippen LogP contribution in [0.4, 0.5) is 0 Å². The predicted octanol–water partition coefficient (Wildman–Crippen LogP) is 5.20. The van der Waals surface area contributed by atoms with Crippen molar-refractivity contribution in [2.45, 2.75) is 0 Å². The molecular weight excluding hydrogens is 268 g/mol. The van der Waals surface area contributed by atoms with Crippen LogP contribution >= 0.6 is 0 Å². The van der Waals surface area contributed by atoms with Crippen molar-refractivity contribution in [3.05, 3.63) is 83.9 Å². The molecule has 0 aromatic heterocycles. The Bertz CT molecular complexity index is 1090. The van der Waals surface area contributed by atoms with E-state index in [4.69, 9.17) is 0 Å². The second-order valence-electron chi connectivity index (χ2n) is 5.78. The van der Waals surface area contributed by atoms with E-state index in [1.54, 1.807) is 0 Å². The summed E-state index contributed by atoms with van der Waals surface area (Å²) in [4.78, 5) is 12.6. The molecule has 4 aromatic carbocycles. The third kappa shape index (κ3) is 1.40. The fourth-order valence-electron chi connectivity index (χ4n) is 3.53. The molecule has 4 aromatic rings. The van der Waals surface area contributed by atoms with Gasteiger partial charge in [0.15, 0.2) is 5.78 Å². The van der Waals surface area contributed by atoms with E-state index in [-0.39, 0.29) is 5.78 Å². The highest BCUT2D eigenvalue weighted by Crippen LogP contribution is 2.40. The highest BCUT2D eigenvalue weighted by Gasteiger charge is 2.26. The minimum absolute atomic E-state index is 0.139. The van der Waals surface area contributed by atoms with Crippen LogP contribution in [0.1, 0.15) is 15.9 Å². The Labute approximate surface area is 127 Å². The number of fused-ring (bicyclic) bond motifs is 6. The van der Waals surface area contributed by atoms with Crippen LogP contribution in [0.15, 0.2) is 72.8 Å². The van der Waals surface area contributed by atoms with Crippen molar-refractivity contribution in [1.82, 2.24) is 0 Å². The van der Waals surface area contributed by atoms with E-state index >= 15 is 0 Å². The van der Waals surface area contributed by atoms with Crippen molar-refractivity contribution in [3.63, 3.8) is 0 Å². The molecule has 0 bridgehead atoms. The van der Waals surface area contributed by atoms with E-state index < -0.39 is 0 Å². The van der Waals surface area contributed by atoms with Gasteiger partial charge in [0, 0.05) is 11.1 Å². The van der Waals surface area contributed by atoms with Crippen molar-refractivity contribution in [1.29, 1.82) is 0 Å². The van der Waals surface area contributed by atoms with Gasteiger partial charge in [0.05, 0.1) is 0 Å². The van der Waals surface area contributed by atoms with Gasteiger partial charge in [-0.15, -0.1) is 0 Å². The zero-order valence-electron chi connectivity index (χ0n) is 11.8. The van der Waals surface area contributed by atoms with E-state index in [2.05, 4.69) is 42.5 Å². The lowest BCUT2D eigenvalue weighted by molar-refractivity contribution is 0.104. The van der Waals surface area contributed by atoms with Crippen molar-refractivity contribution in [3.8, 4) is 11.1 Å². The summed E-state index contributed by atoms with van der Waals surface area (Å²) in [5, 5.41) is 4.80. The average molecular weight is 280 g/mol. The first-order chi connectivity index (χ1) is 10.8. The third-order valence-corrected chi connectivity index (χ3v) is 4.59. The molecule has 1 aliphatic rings. The maximum Gasteiger partial charge on any atom is 0.194 e. The molecule has 1 aliphatic carbocycles. The molecule has 102 valence electrons. The second kappa shape index (κ2) is 4.05. The van der Waals surface area contributed by atoms with Gasteiger partial charge in [-0.2, -0.15) is 0 Å². The minimum atomic E-state index is 0.139. The van der Waals surface area contributed by atoms with Gasteiger partial charge in [-0.3, -0.25) is 4.79 Å². The van der Waals surface area contributed by atoms with Crippen molar-refractivity contribution in [2.75, 3.05) is 0 Å². The zero-order chi connectivity index (χ0) is 14.7. The van der Waals surface area contributed by atoms with Crippen LogP contribution in [0.3, 0.4) is 0 Å². The summed E-state index contributed by atoms with van der Waals surface area (Å²) in [5.74, 6) is 0.139. The van der Waals surface area contributed by atoms with Gasteiger partial charge in [0.2, 0.25) is 0 Å². The normalized spacial score (nSPS) is 12.6. The summed E-state index contributed by atoms with van der Waals surface area (Å²) in [6.45, 7) is 0. The zero-order valence-corrected chi connectivity index (χ0v) is 11.8. The number of hydrogen-bond donors (Lipinski definition) is 0.